The molecule has 558 valence electrons. The van der Waals surface area contributed by atoms with E-state index in [-0.39, 0.29) is 5.82 Å². The van der Waals surface area contributed by atoms with Gasteiger partial charge in [0.15, 0.2) is 75.1 Å². The Morgan fingerprint density at radius 3 is 1.68 bits per heavy atom. The molecule has 18 aromatic rings. The van der Waals surface area contributed by atoms with Crippen LogP contribution in [0.3, 0.4) is 0 Å². The van der Waals surface area contributed by atoms with Gasteiger partial charge in [-0.25, -0.2) is 44.9 Å². The number of nitrogen functional groups attached to an aromatic ring is 9. The van der Waals surface area contributed by atoms with Crippen LogP contribution < -0.4 is 51.6 Å². The minimum atomic E-state index is 0.289. The first-order valence-corrected chi connectivity index (χ1v) is 34.9. The molecule has 0 saturated heterocycles. The third-order valence-electron chi connectivity index (χ3n) is 14.9. The Bertz CT molecular complexity index is 6560. The van der Waals surface area contributed by atoms with Gasteiger partial charge < -0.3 is 125 Å². The highest BCUT2D eigenvalue weighted by Gasteiger charge is 2.14. The van der Waals surface area contributed by atoms with E-state index in [2.05, 4.69) is 150 Å². The topological polar surface area (TPSA) is 693 Å². The molecule has 0 aliphatic rings. The molecular weight excluding hydrogens is 1590 g/mol. The summed E-state index contributed by atoms with van der Waals surface area (Å²) < 4.78 is 15.6. The Labute approximate surface area is 652 Å². The number of nitrogens with one attached hydrogen (secondary N) is 14. The number of oxazole rings is 1. The van der Waals surface area contributed by atoms with Crippen LogP contribution in [-0.4, -0.2) is 155 Å². The summed E-state index contributed by atoms with van der Waals surface area (Å²) in [6.07, 6.45) is 4.77. The second kappa shape index (κ2) is 33.0. The van der Waals surface area contributed by atoms with Gasteiger partial charge in [0.1, 0.15) is 74.2 Å². The van der Waals surface area contributed by atoms with Gasteiger partial charge in [-0.2, -0.15) is 35.3 Å². The lowest BCUT2D eigenvalue weighted by molar-refractivity contribution is 0.550. The van der Waals surface area contributed by atoms with Gasteiger partial charge in [0.25, 0.3) is 5.71 Å². The van der Waals surface area contributed by atoms with E-state index in [1.165, 1.54) is 17.7 Å². The lowest BCUT2D eigenvalue weighted by Crippen LogP contribution is -1.97. The van der Waals surface area contributed by atoms with E-state index in [1.54, 1.807) is 24.0 Å². The van der Waals surface area contributed by atoms with E-state index in [9.17, 15) is 0 Å². The average molecular weight is 1650 g/mol. The molecule has 0 spiro atoms. The van der Waals surface area contributed by atoms with Gasteiger partial charge in [0, 0.05) is 30.9 Å². The van der Waals surface area contributed by atoms with Crippen LogP contribution >= 0.6 is 121 Å². The summed E-state index contributed by atoms with van der Waals surface area (Å²) in [7, 11) is 1.85. The third-order valence-corrected chi connectivity index (χ3v) is 17.5. The molecule has 18 aromatic heterocycles. The van der Waals surface area contributed by atoms with Crippen LogP contribution in [0.15, 0.2) is 27.7 Å². The summed E-state index contributed by atoms with van der Waals surface area (Å²) in [5.41, 5.74) is 65.2. The predicted octanol–water partition coefficient (Wildman–Crippen LogP) is 10.3. The second-order valence-corrected chi connectivity index (χ2v) is 26.9. The smallest absolute Gasteiger partial charge is 0.253 e. The molecule has 52 heteroatoms. The number of furan rings is 1. The molecule has 0 radical (unpaired) electrons. The van der Waals surface area contributed by atoms with Crippen LogP contribution in [0.25, 0.3) is 99.3 Å². The number of anilines is 9. The van der Waals surface area contributed by atoms with Crippen molar-refractivity contribution in [1.29, 1.82) is 0 Å². The number of hydrogen-bond donors (Lipinski definition) is 23. The zero-order valence-electron chi connectivity index (χ0n) is 57.4. The van der Waals surface area contributed by atoms with E-state index in [1.807, 2.05) is 55.5 Å². The summed E-state index contributed by atoms with van der Waals surface area (Å²) in [5.74, 6) is 5.54. The van der Waals surface area contributed by atoms with Crippen molar-refractivity contribution in [3.05, 3.63) is 107 Å². The highest BCUT2D eigenvalue weighted by Crippen LogP contribution is 2.28. The highest BCUT2D eigenvalue weighted by atomic mass is 32.1. The number of fused-ring (bicyclic) bond motifs is 9. The lowest BCUT2D eigenvalue weighted by atomic mass is 10.2. The summed E-state index contributed by atoms with van der Waals surface area (Å²) in [6, 6.07) is 0. The molecule has 32 N–H and O–H groups in total. The molecule has 0 aliphatic carbocycles. The number of nitrogens with zero attached hydrogens (tertiary/aromatic N) is 17. The third kappa shape index (κ3) is 18.1. The molecule has 0 bridgehead atoms. The van der Waals surface area contributed by atoms with Gasteiger partial charge in [-0.05, 0) is 170 Å². The zero-order valence-corrected chi connectivity index (χ0v) is 65.6. The maximum Gasteiger partial charge on any atom is 0.253 e. The molecule has 0 unspecified atom stereocenters. The zero-order chi connectivity index (χ0) is 78.4. The van der Waals surface area contributed by atoms with Crippen LogP contribution in [0.1, 0.15) is 44.7 Å². The van der Waals surface area contributed by atoms with Gasteiger partial charge in [-0.15, -0.1) is 5.10 Å². The van der Waals surface area contributed by atoms with Crippen molar-refractivity contribution in [2.45, 2.75) is 55.4 Å². The number of aromatic amines is 14. The number of aromatic nitrogens is 31. The van der Waals surface area contributed by atoms with Crippen molar-refractivity contribution >= 4 is 273 Å². The second-order valence-electron chi connectivity index (χ2n) is 22.3. The number of rotatable bonds is 0. The molecule has 18 heterocycles. The van der Waals surface area contributed by atoms with Crippen molar-refractivity contribution in [3.8, 4) is 0 Å². The first kappa shape index (κ1) is 78.3. The number of hydrogen-bond acceptors (Lipinski definition) is 37. The minimum absolute atomic E-state index is 0.289. The normalized spacial score (nSPS) is 10.8. The van der Waals surface area contributed by atoms with Crippen molar-refractivity contribution in [2.24, 2.45) is 7.05 Å². The molecule has 18 rings (SSSR count). The predicted molar refractivity (Wildman–Crippen MR) is 438 cm³/mol. The van der Waals surface area contributed by atoms with E-state index in [4.69, 9.17) is 170 Å². The molecule has 0 aromatic carbocycles. The first-order valence-electron chi connectivity index (χ1n) is 30.4. The van der Waals surface area contributed by atoms with Gasteiger partial charge in [0.2, 0.25) is 29.6 Å². The van der Waals surface area contributed by atoms with Crippen molar-refractivity contribution in [3.63, 3.8) is 0 Å². The van der Waals surface area contributed by atoms with Crippen LogP contribution in [0.2, 0.25) is 0 Å². The fraction of sp³-hybridized carbons (Fsp3) is 0.161. The molecule has 0 saturated carbocycles. The summed E-state index contributed by atoms with van der Waals surface area (Å²) in [5, 5.41) is 19.8. The van der Waals surface area contributed by atoms with E-state index >= 15 is 0 Å². The Kier molecular flexibility index (Phi) is 23.9. The summed E-state index contributed by atoms with van der Waals surface area (Å²) in [6.45, 7) is 15.4. The Hall–Kier alpha value is -12.3. The Morgan fingerprint density at radius 1 is 0.417 bits per heavy atom. The Morgan fingerprint density at radius 2 is 0.972 bits per heavy atom. The van der Waals surface area contributed by atoms with E-state index < -0.39 is 0 Å². The van der Waals surface area contributed by atoms with Gasteiger partial charge in [0.05, 0.1) is 45.5 Å². The van der Waals surface area contributed by atoms with Crippen molar-refractivity contribution in [1.82, 2.24) is 155 Å². The average Bonchev–Trinajstić information content (AvgIpc) is 1.65. The maximum absolute atomic E-state index is 5.79. The molecular formula is C56H62N40O2S10. The summed E-state index contributed by atoms with van der Waals surface area (Å²) >= 11 is 45.1. The summed E-state index contributed by atoms with van der Waals surface area (Å²) in [4.78, 5) is 86.9. The van der Waals surface area contributed by atoms with Crippen LogP contribution in [0.4, 0.5) is 52.4 Å². The number of nitrogens with two attached hydrogens (primary N) is 9. The van der Waals surface area contributed by atoms with Crippen LogP contribution in [0.5, 0.6) is 0 Å². The van der Waals surface area contributed by atoms with Gasteiger partial charge in [-0.1, -0.05) is 11.3 Å². The molecule has 108 heavy (non-hydrogen) atoms. The number of aryl methyl sites for hydroxylation is 9. The fourth-order valence-corrected chi connectivity index (χ4v) is 12.3. The van der Waals surface area contributed by atoms with E-state index in [0.29, 0.717) is 151 Å². The minimum Gasteiger partial charge on any atom is -0.443 e. The van der Waals surface area contributed by atoms with Gasteiger partial charge >= 0.3 is 0 Å². The maximum atomic E-state index is 5.79. The number of H-pyrrole nitrogens is 14. The van der Waals surface area contributed by atoms with Crippen molar-refractivity contribution < 1.29 is 8.83 Å². The largest absolute Gasteiger partial charge is 0.443 e. The SMILES string of the molecule is Cc1[nH]c2c(N)nc(=S)[nH]c2c1C.Cc1[nH]c2nc(=S)[nH]c(N)c2c1C.Cc1nc2c(N)[nH]c(=S)nc2o1.Cc1nc2c(N)[nH]c(=S)nc2s1.Cc1oc2nc(=S)[nH]c(N)c2c1C.Cn1cnc2nc(=S)[nH]c(N)c21.Nc1[nH]c(=S)nc2[nH]ncc12.Nc1[nH]c(=S)nc2nc[nH]c12.Nc1nc(=S)[nH]c2n[nH]nc12. The molecule has 0 atom stereocenters. The Balaban J connectivity index is 0.000000130. The lowest BCUT2D eigenvalue weighted by Gasteiger charge is -1.97. The van der Waals surface area contributed by atoms with Crippen molar-refractivity contribution in [2.75, 3.05) is 51.6 Å². The van der Waals surface area contributed by atoms with E-state index in [0.717, 1.165) is 82.0 Å². The fourth-order valence-electron chi connectivity index (χ4n) is 9.66. The first-order chi connectivity index (χ1) is 51.1. The number of imidazole rings is 2. The molecule has 0 fully saturated rings. The molecule has 42 nitrogen and oxygen atoms in total. The molecule has 0 amide bonds. The highest BCUT2D eigenvalue weighted by molar-refractivity contribution is 7.72. The quantitative estimate of drug-likeness (QED) is 0.0627. The number of thiazole rings is 1. The van der Waals surface area contributed by atoms with Crippen LogP contribution in [0, 0.1) is 98.3 Å². The monoisotopic (exact) mass is 1650 g/mol. The molecule has 0 aliphatic heterocycles. The standard InChI is InChI=1S/2C8H10N4S.C8H9N3OS.C6H7N5S.C6H6N4OS.C6H6N4S2.2C5H5N5S.C4H4N6S/c1-3-4(2)10-6-5(3)11-8(13)12-7(6)9;1-3-4(2)10-7-5(3)6(9)11-8(13)12-7;1-3-4(2)12-7-5(3)6(9)10-8(13)11-7;1-11-2-8-5-3(11)4(7)9-6(12)10-5;1-2-8-3-4(7)9-6(12)10-5(3)11-2;1-2-8-3-4(7)9-6(11)10-5(3)12-2;6-3-2-4(8-1-7-2)10-5(11)9-3;6-3-2-1-7-10-4(2)9-5(11)8-3;5-2-1-3(9-10-8-1)7-4(11)6-2/h10H,1-2H3,(H3,9,11,12,13);1-2H3,(H4,9,10,11,12,13);1-2H3,(H3,9,10,11,13);2H,1H3,(H3,7,9,10,12);1H3,(H3,7,9,10,12);1H3,(H3,7,9,10,11);2*1H,(H4,6,7,8,9,10,11);(H4,5,6,7,8,9,10,11). The van der Waals surface area contributed by atoms with Gasteiger partial charge in [-0.3, -0.25) is 5.10 Å². The van der Waals surface area contributed by atoms with Crippen LogP contribution in [-0.2, 0) is 7.05 Å².